The Labute approximate surface area is 129 Å². The van der Waals surface area contributed by atoms with Gasteiger partial charge in [0.1, 0.15) is 11.5 Å². The van der Waals surface area contributed by atoms with Crippen LogP contribution in [0.3, 0.4) is 0 Å². The monoisotopic (exact) mass is 333 g/mol. The lowest BCUT2D eigenvalue weighted by Gasteiger charge is -2.16. The standard InChI is InChI=1S/C17H20BrNO/c1-3-17(19-4-2)13-5-9-15(10-6-13)20-16-11-7-14(18)8-12-16/h5-12,17,19H,3-4H2,1-2H3. The molecule has 0 amide bonds. The molecule has 2 aromatic rings. The summed E-state index contributed by atoms with van der Waals surface area (Å²) in [5, 5.41) is 3.48. The Hall–Kier alpha value is -1.32. The summed E-state index contributed by atoms with van der Waals surface area (Å²) >= 11 is 3.42. The molecule has 1 N–H and O–H groups in total. The van der Waals surface area contributed by atoms with Crippen molar-refractivity contribution in [3.63, 3.8) is 0 Å². The van der Waals surface area contributed by atoms with E-state index in [0.29, 0.717) is 6.04 Å². The molecule has 106 valence electrons. The molecule has 0 fully saturated rings. The van der Waals surface area contributed by atoms with Crippen LogP contribution in [0.15, 0.2) is 53.0 Å². The number of ether oxygens (including phenoxy) is 1. The highest BCUT2D eigenvalue weighted by molar-refractivity contribution is 9.10. The molecule has 2 rings (SSSR count). The summed E-state index contributed by atoms with van der Waals surface area (Å²) in [6.45, 7) is 5.31. The predicted octanol–water partition coefficient (Wildman–Crippen LogP) is 5.30. The summed E-state index contributed by atoms with van der Waals surface area (Å²) in [4.78, 5) is 0. The minimum absolute atomic E-state index is 0.418. The Kier molecular flexibility index (Phi) is 5.62. The first kappa shape index (κ1) is 15.1. The SMILES string of the molecule is CCNC(CC)c1ccc(Oc2ccc(Br)cc2)cc1. The van der Waals surface area contributed by atoms with Crippen molar-refractivity contribution in [2.45, 2.75) is 26.3 Å². The van der Waals surface area contributed by atoms with Gasteiger partial charge in [-0.1, -0.05) is 41.9 Å². The molecule has 0 saturated heterocycles. The van der Waals surface area contributed by atoms with Gasteiger partial charge in [0, 0.05) is 10.5 Å². The molecule has 0 aromatic heterocycles. The van der Waals surface area contributed by atoms with Crippen molar-refractivity contribution in [2.24, 2.45) is 0 Å². The molecule has 0 saturated carbocycles. The van der Waals surface area contributed by atoms with Gasteiger partial charge in [-0.25, -0.2) is 0 Å². The molecule has 2 nitrogen and oxygen atoms in total. The highest BCUT2D eigenvalue weighted by atomic mass is 79.9. The van der Waals surface area contributed by atoms with E-state index >= 15 is 0 Å². The lowest BCUT2D eigenvalue weighted by Crippen LogP contribution is -2.19. The average molecular weight is 334 g/mol. The van der Waals surface area contributed by atoms with Gasteiger partial charge in [-0.3, -0.25) is 0 Å². The normalized spacial score (nSPS) is 12.2. The topological polar surface area (TPSA) is 21.3 Å². The second-order valence-corrected chi connectivity index (χ2v) is 5.56. The first-order chi connectivity index (χ1) is 9.72. The zero-order valence-electron chi connectivity index (χ0n) is 11.9. The molecule has 0 spiro atoms. The molecule has 0 aliphatic heterocycles. The minimum atomic E-state index is 0.418. The van der Waals surface area contributed by atoms with Crippen LogP contribution in [0.25, 0.3) is 0 Å². The minimum Gasteiger partial charge on any atom is -0.457 e. The molecule has 0 heterocycles. The Bertz CT molecular complexity index is 522. The molecule has 0 aliphatic carbocycles. The van der Waals surface area contributed by atoms with Gasteiger partial charge >= 0.3 is 0 Å². The van der Waals surface area contributed by atoms with E-state index in [4.69, 9.17) is 4.74 Å². The lowest BCUT2D eigenvalue weighted by atomic mass is 10.0. The van der Waals surface area contributed by atoms with E-state index in [0.717, 1.165) is 28.9 Å². The highest BCUT2D eigenvalue weighted by Crippen LogP contribution is 2.25. The fraction of sp³-hybridized carbons (Fsp3) is 0.294. The summed E-state index contributed by atoms with van der Waals surface area (Å²) in [5.74, 6) is 1.71. The fourth-order valence-corrected chi connectivity index (χ4v) is 2.42. The maximum absolute atomic E-state index is 5.82. The Morgan fingerprint density at radius 1 is 0.950 bits per heavy atom. The molecule has 3 heteroatoms. The van der Waals surface area contributed by atoms with Crippen LogP contribution in [0.5, 0.6) is 11.5 Å². The van der Waals surface area contributed by atoms with Crippen LogP contribution in [-0.2, 0) is 0 Å². The van der Waals surface area contributed by atoms with E-state index < -0.39 is 0 Å². The van der Waals surface area contributed by atoms with Crippen LogP contribution in [0.4, 0.5) is 0 Å². The van der Waals surface area contributed by atoms with Gasteiger partial charge < -0.3 is 10.1 Å². The zero-order valence-corrected chi connectivity index (χ0v) is 13.5. The number of rotatable bonds is 6. The molecule has 20 heavy (non-hydrogen) atoms. The van der Waals surface area contributed by atoms with Gasteiger partial charge in [0.25, 0.3) is 0 Å². The fourth-order valence-electron chi connectivity index (χ4n) is 2.15. The largest absolute Gasteiger partial charge is 0.457 e. The summed E-state index contributed by atoms with van der Waals surface area (Å²) in [6, 6.07) is 16.6. The number of nitrogens with one attached hydrogen (secondary N) is 1. The third-order valence-electron chi connectivity index (χ3n) is 3.19. The van der Waals surface area contributed by atoms with Crippen molar-refractivity contribution < 1.29 is 4.74 Å². The number of hydrogen-bond acceptors (Lipinski definition) is 2. The molecule has 2 aromatic carbocycles. The molecule has 0 aliphatic rings. The third kappa shape index (κ3) is 4.09. The van der Waals surface area contributed by atoms with Crippen molar-refractivity contribution in [3.8, 4) is 11.5 Å². The lowest BCUT2D eigenvalue weighted by molar-refractivity contribution is 0.481. The smallest absolute Gasteiger partial charge is 0.127 e. The van der Waals surface area contributed by atoms with Gasteiger partial charge in [-0.2, -0.15) is 0 Å². The van der Waals surface area contributed by atoms with E-state index in [9.17, 15) is 0 Å². The van der Waals surface area contributed by atoms with E-state index in [2.05, 4.69) is 47.2 Å². The second kappa shape index (κ2) is 7.46. The Balaban J connectivity index is 2.06. The average Bonchev–Trinajstić information content (AvgIpc) is 2.48. The second-order valence-electron chi connectivity index (χ2n) is 4.64. The number of halogens is 1. The van der Waals surface area contributed by atoms with Gasteiger partial charge in [0.15, 0.2) is 0 Å². The summed E-state index contributed by atoms with van der Waals surface area (Å²) < 4.78 is 6.87. The number of benzene rings is 2. The molecule has 1 unspecified atom stereocenters. The van der Waals surface area contributed by atoms with Crippen LogP contribution < -0.4 is 10.1 Å². The molecule has 0 radical (unpaired) electrons. The molecule has 1 atom stereocenters. The van der Waals surface area contributed by atoms with Crippen molar-refractivity contribution in [1.82, 2.24) is 5.32 Å². The molecular weight excluding hydrogens is 314 g/mol. The van der Waals surface area contributed by atoms with Crippen molar-refractivity contribution >= 4 is 15.9 Å². The number of hydrogen-bond donors (Lipinski definition) is 1. The van der Waals surface area contributed by atoms with Crippen LogP contribution in [0.2, 0.25) is 0 Å². The van der Waals surface area contributed by atoms with Gasteiger partial charge in [0.05, 0.1) is 0 Å². The Morgan fingerprint density at radius 2 is 1.50 bits per heavy atom. The van der Waals surface area contributed by atoms with Crippen LogP contribution >= 0.6 is 15.9 Å². The van der Waals surface area contributed by atoms with Crippen molar-refractivity contribution in [1.29, 1.82) is 0 Å². The van der Waals surface area contributed by atoms with Gasteiger partial charge in [0.2, 0.25) is 0 Å². The quantitative estimate of drug-likeness (QED) is 0.774. The zero-order chi connectivity index (χ0) is 14.4. The first-order valence-electron chi connectivity index (χ1n) is 6.99. The molecule has 0 bridgehead atoms. The van der Waals surface area contributed by atoms with Gasteiger partial charge in [-0.05, 0) is 54.9 Å². The van der Waals surface area contributed by atoms with Crippen LogP contribution in [-0.4, -0.2) is 6.54 Å². The Morgan fingerprint density at radius 3 is 2.00 bits per heavy atom. The van der Waals surface area contributed by atoms with Crippen LogP contribution in [0, 0.1) is 0 Å². The maximum Gasteiger partial charge on any atom is 0.127 e. The third-order valence-corrected chi connectivity index (χ3v) is 3.72. The first-order valence-corrected chi connectivity index (χ1v) is 7.79. The summed E-state index contributed by atoms with van der Waals surface area (Å²) in [6.07, 6.45) is 1.08. The van der Waals surface area contributed by atoms with Crippen LogP contribution in [0.1, 0.15) is 31.9 Å². The predicted molar refractivity (Wildman–Crippen MR) is 87.4 cm³/mol. The maximum atomic E-state index is 5.82. The van der Waals surface area contributed by atoms with E-state index in [-0.39, 0.29) is 0 Å². The molecular formula is C17H20BrNO. The highest BCUT2D eigenvalue weighted by Gasteiger charge is 2.07. The van der Waals surface area contributed by atoms with Gasteiger partial charge in [-0.15, -0.1) is 0 Å². The van der Waals surface area contributed by atoms with E-state index in [1.165, 1.54) is 5.56 Å². The van der Waals surface area contributed by atoms with E-state index in [1.54, 1.807) is 0 Å². The summed E-state index contributed by atoms with van der Waals surface area (Å²) in [7, 11) is 0. The van der Waals surface area contributed by atoms with E-state index in [1.807, 2.05) is 36.4 Å². The summed E-state index contributed by atoms with van der Waals surface area (Å²) in [5.41, 5.74) is 1.30. The van der Waals surface area contributed by atoms with Crippen molar-refractivity contribution in [2.75, 3.05) is 6.54 Å². The van der Waals surface area contributed by atoms with Crippen molar-refractivity contribution in [3.05, 3.63) is 58.6 Å².